The maximum absolute atomic E-state index is 6.14. The van der Waals surface area contributed by atoms with Crippen LogP contribution < -0.4 is 5.73 Å². The average molecular weight is 199 g/mol. The number of hydrogen-bond acceptors (Lipinski definition) is 2. The summed E-state index contributed by atoms with van der Waals surface area (Å²) in [5.74, 6) is 0.807. The minimum Gasteiger partial charge on any atom is -0.381 e. The van der Waals surface area contributed by atoms with Crippen molar-refractivity contribution in [2.24, 2.45) is 11.7 Å². The van der Waals surface area contributed by atoms with E-state index in [1.54, 1.807) is 0 Å². The van der Waals surface area contributed by atoms with Crippen molar-refractivity contribution in [1.82, 2.24) is 0 Å². The molecule has 1 rings (SSSR count). The number of rotatable bonds is 7. The third-order valence-electron chi connectivity index (χ3n) is 3.18. The van der Waals surface area contributed by atoms with Gasteiger partial charge in [0.1, 0.15) is 0 Å². The van der Waals surface area contributed by atoms with Gasteiger partial charge in [-0.25, -0.2) is 0 Å². The Balaban J connectivity index is 1.94. The van der Waals surface area contributed by atoms with Crippen molar-refractivity contribution >= 4 is 0 Å². The van der Waals surface area contributed by atoms with E-state index in [4.69, 9.17) is 10.5 Å². The maximum atomic E-state index is 6.14. The molecule has 1 saturated carbocycles. The van der Waals surface area contributed by atoms with Crippen LogP contribution >= 0.6 is 0 Å². The summed E-state index contributed by atoms with van der Waals surface area (Å²) in [5, 5.41) is 0. The van der Waals surface area contributed by atoms with Crippen molar-refractivity contribution in [3.8, 4) is 0 Å². The van der Waals surface area contributed by atoms with Crippen LogP contribution in [0.4, 0.5) is 0 Å². The first-order valence-electron chi connectivity index (χ1n) is 6.18. The highest BCUT2D eigenvalue weighted by Crippen LogP contribution is 2.28. The van der Waals surface area contributed by atoms with E-state index in [0.717, 1.165) is 38.4 Å². The number of hydrogen-bond donors (Lipinski definition) is 1. The maximum Gasteiger partial charge on any atom is 0.0466 e. The van der Waals surface area contributed by atoms with Crippen LogP contribution in [0.1, 0.15) is 51.9 Å². The molecule has 0 amide bonds. The Kier molecular flexibility index (Phi) is 6.20. The van der Waals surface area contributed by atoms with E-state index < -0.39 is 0 Å². The Bertz CT molecular complexity index is 132. The SMILES string of the molecule is CCCOCCCC(N)C1CCCC1. The van der Waals surface area contributed by atoms with Gasteiger partial charge in [-0.15, -0.1) is 0 Å². The van der Waals surface area contributed by atoms with Crippen LogP contribution in [0.25, 0.3) is 0 Å². The zero-order valence-corrected chi connectivity index (χ0v) is 9.50. The molecule has 0 saturated heterocycles. The van der Waals surface area contributed by atoms with Crippen LogP contribution in [0.15, 0.2) is 0 Å². The summed E-state index contributed by atoms with van der Waals surface area (Å²) in [7, 11) is 0. The second-order valence-electron chi connectivity index (χ2n) is 4.46. The second kappa shape index (κ2) is 7.24. The lowest BCUT2D eigenvalue weighted by atomic mass is 9.95. The number of nitrogens with two attached hydrogens (primary N) is 1. The van der Waals surface area contributed by atoms with Crippen molar-refractivity contribution < 1.29 is 4.74 Å². The Morgan fingerprint density at radius 1 is 1.29 bits per heavy atom. The summed E-state index contributed by atoms with van der Waals surface area (Å²) in [4.78, 5) is 0. The zero-order valence-electron chi connectivity index (χ0n) is 9.50. The molecular weight excluding hydrogens is 174 g/mol. The smallest absolute Gasteiger partial charge is 0.0466 e. The molecule has 1 unspecified atom stereocenters. The predicted octanol–water partition coefficient (Wildman–Crippen LogP) is 2.71. The van der Waals surface area contributed by atoms with Gasteiger partial charge in [-0.3, -0.25) is 0 Å². The molecule has 0 heterocycles. The van der Waals surface area contributed by atoms with Crippen LogP contribution in [0.5, 0.6) is 0 Å². The molecule has 1 atom stereocenters. The molecule has 14 heavy (non-hydrogen) atoms. The monoisotopic (exact) mass is 199 g/mol. The summed E-state index contributed by atoms with van der Waals surface area (Å²) >= 11 is 0. The van der Waals surface area contributed by atoms with Gasteiger partial charge in [0.15, 0.2) is 0 Å². The van der Waals surface area contributed by atoms with Gasteiger partial charge in [-0.2, -0.15) is 0 Å². The Morgan fingerprint density at radius 2 is 2.00 bits per heavy atom. The van der Waals surface area contributed by atoms with Crippen LogP contribution in [-0.4, -0.2) is 19.3 Å². The summed E-state index contributed by atoms with van der Waals surface area (Å²) < 4.78 is 5.44. The highest BCUT2D eigenvalue weighted by Gasteiger charge is 2.21. The molecule has 0 aromatic carbocycles. The fourth-order valence-corrected chi connectivity index (χ4v) is 2.29. The molecule has 1 aliphatic rings. The van der Waals surface area contributed by atoms with E-state index >= 15 is 0 Å². The lowest BCUT2D eigenvalue weighted by Gasteiger charge is -2.18. The van der Waals surface area contributed by atoms with E-state index in [0.29, 0.717) is 6.04 Å². The largest absolute Gasteiger partial charge is 0.381 e. The van der Waals surface area contributed by atoms with Gasteiger partial charge in [0.25, 0.3) is 0 Å². The molecule has 1 aliphatic carbocycles. The highest BCUT2D eigenvalue weighted by atomic mass is 16.5. The van der Waals surface area contributed by atoms with Crippen LogP contribution in [0.3, 0.4) is 0 Å². The van der Waals surface area contributed by atoms with E-state index in [1.807, 2.05) is 0 Å². The molecular formula is C12H25NO. The summed E-state index contributed by atoms with van der Waals surface area (Å²) in [6, 6.07) is 0.433. The quantitative estimate of drug-likeness (QED) is 0.640. The first-order valence-corrected chi connectivity index (χ1v) is 6.18. The molecule has 0 aromatic rings. The minimum atomic E-state index is 0.433. The second-order valence-corrected chi connectivity index (χ2v) is 4.46. The molecule has 0 radical (unpaired) electrons. The minimum absolute atomic E-state index is 0.433. The van der Waals surface area contributed by atoms with Gasteiger partial charge in [-0.05, 0) is 38.0 Å². The summed E-state index contributed by atoms with van der Waals surface area (Å²) in [5.41, 5.74) is 6.14. The van der Waals surface area contributed by atoms with Gasteiger partial charge in [0.05, 0.1) is 0 Å². The average Bonchev–Trinajstić information content (AvgIpc) is 2.70. The standard InChI is InChI=1S/C12H25NO/c1-2-9-14-10-5-8-12(13)11-6-3-4-7-11/h11-12H,2-10,13H2,1H3. The van der Waals surface area contributed by atoms with E-state index in [1.165, 1.54) is 25.7 Å². The molecule has 2 heteroatoms. The third-order valence-corrected chi connectivity index (χ3v) is 3.18. The molecule has 0 aromatic heterocycles. The first kappa shape index (κ1) is 12.0. The molecule has 84 valence electrons. The van der Waals surface area contributed by atoms with Crippen molar-refractivity contribution in [3.05, 3.63) is 0 Å². The van der Waals surface area contributed by atoms with Gasteiger partial charge < -0.3 is 10.5 Å². The molecule has 2 nitrogen and oxygen atoms in total. The van der Waals surface area contributed by atoms with Crippen molar-refractivity contribution in [2.45, 2.75) is 57.9 Å². The van der Waals surface area contributed by atoms with Crippen LogP contribution in [0.2, 0.25) is 0 Å². The lowest BCUT2D eigenvalue weighted by Crippen LogP contribution is -2.28. The Labute approximate surface area is 88.2 Å². The van der Waals surface area contributed by atoms with E-state index in [-0.39, 0.29) is 0 Å². The summed E-state index contributed by atoms with van der Waals surface area (Å²) in [6.45, 7) is 3.94. The summed E-state index contributed by atoms with van der Waals surface area (Å²) in [6.07, 6.45) is 8.91. The predicted molar refractivity (Wildman–Crippen MR) is 60.3 cm³/mol. The Morgan fingerprint density at radius 3 is 2.64 bits per heavy atom. The van der Waals surface area contributed by atoms with Crippen LogP contribution in [-0.2, 0) is 4.74 Å². The van der Waals surface area contributed by atoms with Crippen molar-refractivity contribution in [1.29, 1.82) is 0 Å². The molecule has 0 aliphatic heterocycles. The fraction of sp³-hybridized carbons (Fsp3) is 1.00. The molecule has 0 bridgehead atoms. The number of ether oxygens (including phenoxy) is 1. The van der Waals surface area contributed by atoms with Crippen molar-refractivity contribution in [3.63, 3.8) is 0 Å². The highest BCUT2D eigenvalue weighted by molar-refractivity contribution is 4.77. The zero-order chi connectivity index (χ0) is 10.2. The normalized spacial score (nSPS) is 20.1. The topological polar surface area (TPSA) is 35.2 Å². The van der Waals surface area contributed by atoms with Gasteiger partial charge >= 0.3 is 0 Å². The van der Waals surface area contributed by atoms with Crippen molar-refractivity contribution in [2.75, 3.05) is 13.2 Å². The van der Waals surface area contributed by atoms with Gasteiger partial charge in [-0.1, -0.05) is 19.8 Å². The fourth-order valence-electron chi connectivity index (χ4n) is 2.29. The third kappa shape index (κ3) is 4.43. The van der Waals surface area contributed by atoms with Gasteiger partial charge in [0.2, 0.25) is 0 Å². The van der Waals surface area contributed by atoms with E-state index in [2.05, 4.69) is 6.92 Å². The Hall–Kier alpha value is -0.0800. The molecule has 0 spiro atoms. The molecule has 2 N–H and O–H groups in total. The lowest BCUT2D eigenvalue weighted by molar-refractivity contribution is 0.128. The van der Waals surface area contributed by atoms with E-state index in [9.17, 15) is 0 Å². The van der Waals surface area contributed by atoms with Gasteiger partial charge in [0, 0.05) is 19.3 Å². The molecule has 1 fully saturated rings. The van der Waals surface area contributed by atoms with Crippen LogP contribution in [0, 0.1) is 5.92 Å². The first-order chi connectivity index (χ1) is 6.84.